The van der Waals surface area contributed by atoms with Gasteiger partial charge in [0.1, 0.15) is 0 Å². The van der Waals surface area contributed by atoms with E-state index in [1.54, 1.807) is 28.0 Å². The summed E-state index contributed by atoms with van der Waals surface area (Å²) in [4.78, 5) is 24.7. The first kappa shape index (κ1) is 16.2. The Morgan fingerprint density at radius 2 is 2.00 bits per heavy atom. The Bertz CT molecular complexity index is 269. The molecule has 0 aliphatic rings. The van der Waals surface area contributed by atoms with E-state index in [-0.39, 0.29) is 24.2 Å². The normalized spacial score (nSPS) is 11.1. The number of nitrogens with one attached hydrogen (secondary N) is 1. The molecule has 2 amide bonds. The second kappa shape index (κ2) is 7.50. The van der Waals surface area contributed by atoms with Crippen LogP contribution in [0.3, 0.4) is 0 Å². The highest BCUT2D eigenvalue weighted by molar-refractivity contribution is 6.19. The first-order valence-corrected chi connectivity index (χ1v) is 5.95. The SMILES string of the molecule is COCCNC(=O)CN(C)C(=O)C(C)(C)CCl. The van der Waals surface area contributed by atoms with E-state index in [9.17, 15) is 9.59 Å². The Hall–Kier alpha value is -0.810. The molecular formula is C11H21ClN2O3. The minimum atomic E-state index is -0.650. The van der Waals surface area contributed by atoms with Crippen LogP contribution in [-0.2, 0) is 14.3 Å². The lowest BCUT2D eigenvalue weighted by atomic mass is 9.94. The zero-order chi connectivity index (χ0) is 13.5. The summed E-state index contributed by atoms with van der Waals surface area (Å²) >= 11 is 5.71. The molecule has 0 aromatic rings. The Labute approximate surface area is 107 Å². The molecule has 100 valence electrons. The molecule has 0 heterocycles. The van der Waals surface area contributed by atoms with Gasteiger partial charge in [-0.3, -0.25) is 9.59 Å². The standard InChI is InChI=1S/C11H21ClN2O3/c1-11(2,8-12)10(16)14(3)7-9(15)13-5-6-17-4/h5-8H2,1-4H3,(H,13,15). The number of likely N-dealkylation sites (N-methyl/N-ethyl adjacent to an activating group) is 1. The maximum atomic E-state index is 11.9. The van der Waals surface area contributed by atoms with Gasteiger partial charge in [0.05, 0.1) is 18.6 Å². The van der Waals surface area contributed by atoms with E-state index in [4.69, 9.17) is 16.3 Å². The average Bonchev–Trinajstić information content (AvgIpc) is 2.28. The summed E-state index contributed by atoms with van der Waals surface area (Å²) in [6, 6.07) is 0. The highest BCUT2D eigenvalue weighted by atomic mass is 35.5. The third kappa shape index (κ3) is 5.89. The quantitative estimate of drug-likeness (QED) is 0.537. The van der Waals surface area contributed by atoms with Crippen molar-refractivity contribution in [3.63, 3.8) is 0 Å². The number of nitrogens with zero attached hydrogens (tertiary/aromatic N) is 1. The molecule has 1 N–H and O–H groups in total. The van der Waals surface area contributed by atoms with Gasteiger partial charge in [-0.2, -0.15) is 0 Å². The maximum absolute atomic E-state index is 11.9. The van der Waals surface area contributed by atoms with Gasteiger partial charge in [0, 0.05) is 26.6 Å². The van der Waals surface area contributed by atoms with Gasteiger partial charge in [-0.25, -0.2) is 0 Å². The second-order valence-electron chi connectivity index (χ2n) is 4.52. The van der Waals surface area contributed by atoms with Crippen LogP contribution < -0.4 is 5.32 Å². The molecule has 0 bridgehead atoms. The molecule has 0 aliphatic heterocycles. The van der Waals surface area contributed by atoms with Gasteiger partial charge in [-0.15, -0.1) is 11.6 Å². The Balaban J connectivity index is 4.12. The van der Waals surface area contributed by atoms with E-state index in [0.717, 1.165) is 0 Å². The monoisotopic (exact) mass is 264 g/mol. The van der Waals surface area contributed by atoms with Crippen LogP contribution in [0.4, 0.5) is 0 Å². The topological polar surface area (TPSA) is 58.6 Å². The molecule has 0 saturated heterocycles. The van der Waals surface area contributed by atoms with Gasteiger partial charge < -0.3 is 15.0 Å². The molecule has 0 atom stereocenters. The molecule has 0 radical (unpaired) electrons. The summed E-state index contributed by atoms with van der Waals surface area (Å²) in [5.74, 6) is -0.126. The van der Waals surface area contributed by atoms with Gasteiger partial charge in [0.15, 0.2) is 0 Å². The minimum Gasteiger partial charge on any atom is -0.383 e. The first-order valence-electron chi connectivity index (χ1n) is 5.42. The lowest BCUT2D eigenvalue weighted by Crippen LogP contribution is -2.45. The summed E-state index contributed by atoms with van der Waals surface area (Å²) in [5, 5.41) is 2.65. The van der Waals surface area contributed by atoms with E-state index >= 15 is 0 Å². The molecular weight excluding hydrogens is 244 g/mol. The molecule has 0 rings (SSSR count). The molecule has 0 spiro atoms. The lowest BCUT2D eigenvalue weighted by molar-refractivity contribution is -0.141. The van der Waals surface area contributed by atoms with Crippen molar-refractivity contribution in [1.82, 2.24) is 10.2 Å². The predicted molar refractivity (Wildman–Crippen MR) is 67.0 cm³/mol. The summed E-state index contributed by atoms with van der Waals surface area (Å²) < 4.78 is 4.80. The smallest absolute Gasteiger partial charge is 0.239 e. The van der Waals surface area contributed by atoms with E-state index in [1.807, 2.05) is 0 Å². The number of amides is 2. The first-order chi connectivity index (χ1) is 7.85. The van der Waals surface area contributed by atoms with Gasteiger partial charge >= 0.3 is 0 Å². The van der Waals surface area contributed by atoms with Crippen molar-refractivity contribution in [2.45, 2.75) is 13.8 Å². The summed E-state index contributed by atoms with van der Waals surface area (Å²) in [7, 11) is 3.15. The molecule has 0 aliphatic carbocycles. The fourth-order valence-electron chi connectivity index (χ4n) is 1.21. The number of alkyl halides is 1. The predicted octanol–water partition coefficient (Wildman–Crippen LogP) is 0.472. The van der Waals surface area contributed by atoms with Crippen molar-refractivity contribution in [3.8, 4) is 0 Å². The number of hydrogen-bond donors (Lipinski definition) is 1. The van der Waals surface area contributed by atoms with E-state index in [0.29, 0.717) is 13.2 Å². The van der Waals surface area contributed by atoms with E-state index in [2.05, 4.69) is 5.32 Å². The summed E-state index contributed by atoms with van der Waals surface area (Å²) in [5.41, 5.74) is -0.650. The van der Waals surface area contributed by atoms with Crippen LogP contribution in [0.25, 0.3) is 0 Å². The largest absolute Gasteiger partial charge is 0.383 e. The maximum Gasteiger partial charge on any atom is 0.239 e. The third-order valence-corrected chi connectivity index (χ3v) is 2.94. The Morgan fingerprint density at radius 3 is 2.47 bits per heavy atom. The van der Waals surface area contributed by atoms with Crippen molar-refractivity contribution >= 4 is 23.4 Å². The van der Waals surface area contributed by atoms with Crippen LogP contribution in [0.1, 0.15) is 13.8 Å². The molecule has 5 nitrogen and oxygen atoms in total. The number of carbonyl (C=O) groups is 2. The number of halogens is 1. The van der Waals surface area contributed by atoms with Crippen LogP contribution >= 0.6 is 11.6 Å². The minimum absolute atomic E-state index is 0.0306. The highest BCUT2D eigenvalue weighted by Crippen LogP contribution is 2.19. The fraction of sp³-hybridized carbons (Fsp3) is 0.818. The number of methoxy groups -OCH3 is 1. The summed E-state index contributed by atoms with van der Waals surface area (Å²) in [6.07, 6.45) is 0. The van der Waals surface area contributed by atoms with Gasteiger partial charge in [0.2, 0.25) is 11.8 Å². The van der Waals surface area contributed by atoms with E-state index < -0.39 is 5.41 Å². The van der Waals surface area contributed by atoms with Crippen LogP contribution in [-0.4, -0.2) is 56.4 Å². The highest BCUT2D eigenvalue weighted by Gasteiger charge is 2.30. The van der Waals surface area contributed by atoms with Gasteiger partial charge in [-0.05, 0) is 13.8 Å². The molecule has 0 aromatic heterocycles. The van der Waals surface area contributed by atoms with Crippen molar-refractivity contribution in [2.75, 3.05) is 39.7 Å². The van der Waals surface area contributed by atoms with Crippen LogP contribution in [0.15, 0.2) is 0 Å². The number of hydrogen-bond acceptors (Lipinski definition) is 3. The number of ether oxygens (including phenoxy) is 1. The number of carbonyl (C=O) groups excluding carboxylic acids is 2. The molecule has 0 saturated carbocycles. The third-order valence-electron chi connectivity index (χ3n) is 2.27. The zero-order valence-electron chi connectivity index (χ0n) is 10.9. The lowest BCUT2D eigenvalue weighted by Gasteiger charge is -2.27. The van der Waals surface area contributed by atoms with Gasteiger partial charge in [0.25, 0.3) is 0 Å². The van der Waals surface area contributed by atoms with Crippen molar-refractivity contribution in [1.29, 1.82) is 0 Å². The summed E-state index contributed by atoms with van der Waals surface area (Å²) in [6.45, 7) is 4.43. The van der Waals surface area contributed by atoms with E-state index in [1.165, 1.54) is 4.90 Å². The zero-order valence-corrected chi connectivity index (χ0v) is 11.6. The average molecular weight is 265 g/mol. The molecule has 6 heteroatoms. The van der Waals surface area contributed by atoms with Crippen molar-refractivity contribution in [2.24, 2.45) is 5.41 Å². The Morgan fingerprint density at radius 1 is 1.41 bits per heavy atom. The number of rotatable bonds is 7. The Kier molecular flexibility index (Phi) is 7.15. The van der Waals surface area contributed by atoms with Crippen LogP contribution in [0.5, 0.6) is 0 Å². The molecule has 0 aromatic carbocycles. The molecule has 0 fully saturated rings. The fourth-order valence-corrected chi connectivity index (χ4v) is 1.32. The molecule has 17 heavy (non-hydrogen) atoms. The van der Waals surface area contributed by atoms with Crippen LogP contribution in [0, 0.1) is 5.41 Å². The van der Waals surface area contributed by atoms with Crippen molar-refractivity contribution < 1.29 is 14.3 Å². The van der Waals surface area contributed by atoms with Crippen molar-refractivity contribution in [3.05, 3.63) is 0 Å². The van der Waals surface area contributed by atoms with Crippen LogP contribution in [0.2, 0.25) is 0 Å². The molecule has 0 unspecified atom stereocenters. The second-order valence-corrected chi connectivity index (χ2v) is 4.79. The van der Waals surface area contributed by atoms with Gasteiger partial charge in [-0.1, -0.05) is 0 Å².